The first-order chi connectivity index (χ1) is 27.0. The molecule has 56 heavy (non-hydrogen) atoms. The van der Waals surface area contributed by atoms with E-state index < -0.39 is 29.3 Å². The first-order valence-corrected chi connectivity index (χ1v) is 21.4. The first-order valence-electron chi connectivity index (χ1n) is 21.4. The Balaban J connectivity index is 1.26. The van der Waals surface area contributed by atoms with Crippen molar-refractivity contribution in [3.63, 3.8) is 0 Å². The summed E-state index contributed by atoms with van der Waals surface area (Å²) < 4.78 is 0. The van der Waals surface area contributed by atoms with Gasteiger partial charge in [-0.2, -0.15) is 0 Å². The Morgan fingerprint density at radius 2 is 1.84 bits per heavy atom. The standard InChI is InChI=1S/C48H68N2O6/c1-31(38-16-15-32(2)46(55)50-42(36-12-5-6-13-36)27-35-11-8-10-34(25-35)26-38)9-7-14-40(30-53)41-19-21-48(45(41)54)44-37(20-24-51)17-18-39(43(44)33(3)29-52)28-47(48,56)22-23-49-4/h7-11,14-15,17-18,25,29,36-39,41-42,44-46,49-51,53-56H,1,5-6,12-13,16,19-24,26-28,30H2,2-4H3. The Kier molecular flexibility index (Phi) is 14.3. The van der Waals surface area contributed by atoms with Crippen molar-refractivity contribution in [2.45, 2.75) is 115 Å². The summed E-state index contributed by atoms with van der Waals surface area (Å²) >= 11 is 0. The second-order valence-electron chi connectivity index (χ2n) is 17.8. The Bertz CT molecular complexity index is 1700. The van der Waals surface area contributed by atoms with E-state index in [2.05, 4.69) is 59.7 Å². The number of fused-ring (bicyclic) bond motifs is 5. The number of carbonyl (C=O) groups excluding carboxylic acids is 1. The van der Waals surface area contributed by atoms with E-state index in [0.717, 1.165) is 42.3 Å². The Morgan fingerprint density at radius 3 is 2.54 bits per heavy atom. The summed E-state index contributed by atoms with van der Waals surface area (Å²) in [6.45, 7) is 8.63. The van der Waals surface area contributed by atoms with E-state index in [1.165, 1.54) is 36.8 Å². The van der Waals surface area contributed by atoms with Crippen molar-refractivity contribution in [2.75, 3.05) is 26.8 Å². The van der Waals surface area contributed by atoms with Crippen molar-refractivity contribution < 1.29 is 30.3 Å². The molecule has 0 saturated heterocycles. The minimum absolute atomic E-state index is 0.0369. The third-order valence-corrected chi connectivity index (χ3v) is 14.6. The SMILES string of the molecule is C=C(C=CC=C(CO)C1CCC2(C1O)C1C(=C(C)C=O)C(C=CC1CCO)CC2(O)CCNC)C1CC=C(C)C(O)NC(C2CCCC2)Cc2cccc(c2)C1. The van der Waals surface area contributed by atoms with Gasteiger partial charge in [0.05, 0.1) is 18.3 Å². The van der Waals surface area contributed by atoms with Gasteiger partial charge >= 0.3 is 0 Å². The molecule has 10 unspecified atom stereocenters. The summed E-state index contributed by atoms with van der Waals surface area (Å²) in [5.41, 5.74) is 4.53. The molecule has 10 atom stereocenters. The van der Waals surface area contributed by atoms with Gasteiger partial charge in [-0.3, -0.25) is 10.1 Å². The molecule has 0 amide bonds. The van der Waals surface area contributed by atoms with Crippen molar-refractivity contribution in [3.8, 4) is 0 Å². The third-order valence-electron chi connectivity index (χ3n) is 14.6. The minimum atomic E-state index is -1.23. The molecule has 1 spiro atoms. The van der Waals surface area contributed by atoms with Crippen LogP contribution in [-0.2, 0) is 17.6 Å². The number of allylic oxidation sites excluding steroid dienone is 9. The molecule has 6 rings (SSSR count). The maximum atomic E-state index is 12.8. The molecular formula is C48H68N2O6. The number of hydrogen-bond acceptors (Lipinski definition) is 8. The number of nitrogens with one attached hydrogen (secondary N) is 2. The van der Waals surface area contributed by atoms with Gasteiger partial charge in [-0.25, -0.2) is 0 Å². The average Bonchev–Trinajstić information content (AvgIpc) is 3.86. The molecule has 7 N–H and O–H groups in total. The number of aliphatic hydroxyl groups is 5. The molecule has 5 aliphatic rings. The Hall–Kier alpha value is -2.95. The van der Waals surface area contributed by atoms with Crippen LogP contribution in [0.4, 0.5) is 0 Å². The van der Waals surface area contributed by atoms with Crippen LogP contribution in [-0.4, -0.2) is 82.6 Å². The van der Waals surface area contributed by atoms with Gasteiger partial charge in [-0.15, -0.1) is 0 Å². The molecule has 3 saturated carbocycles. The van der Waals surface area contributed by atoms with Crippen molar-refractivity contribution >= 4 is 6.29 Å². The second kappa shape index (κ2) is 18.8. The molecule has 306 valence electrons. The molecule has 3 fully saturated rings. The molecular weight excluding hydrogens is 701 g/mol. The van der Waals surface area contributed by atoms with E-state index in [9.17, 15) is 30.3 Å². The largest absolute Gasteiger partial charge is 0.396 e. The number of carbonyl (C=O) groups is 1. The van der Waals surface area contributed by atoms with Crippen LogP contribution in [0.1, 0.15) is 89.2 Å². The lowest BCUT2D eigenvalue weighted by atomic mass is 9.45. The van der Waals surface area contributed by atoms with Crippen LogP contribution in [0.5, 0.6) is 0 Å². The van der Waals surface area contributed by atoms with Crippen molar-refractivity contribution in [2.24, 2.45) is 40.9 Å². The normalized spacial score (nSPS) is 36.4. The lowest BCUT2D eigenvalue weighted by Gasteiger charge is -2.61. The van der Waals surface area contributed by atoms with Crippen LogP contribution >= 0.6 is 0 Å². The second-order valence-corrected chi connectivity index (χ2v) is 17.8. The molecule has 8 heteroatoms. The fourth-order valence-corrected chi connectivity index (χ4v) is 11.6. The highest BCUT2D eigenvalue weighted by atomic mass is 16.3. The zero-order chi connectivity index (χ0) is 40.0. The van der Waals surface area contributed by atoms with Gasteiger partial charge in [0.2, 0.25) is 0 Å². The predicted octanol–water partition coefficient (Wildman–Crippen LogP) is 6.05. The highest BCUT2D eigenvalue weighted by Crippen LogP contribution is 2.67. The van der Waals surface area contributed by atoms with Gasteiger partial charge in [0, 0.05) is 29.9 Å². The molecule has 0 aromatic heterocycles. The van der Waals surface area contributed by atoms with E-state index >= 15 is 0 Å². The number of rotatable bonds is 12. The van der Waals surface area contributed by atoms with Crippen molar-refractivity contribution in [1.29, 1.82) is 0 Å². The zero-order valence-electron chi connectivity index (χ0n) is 34.0. The van der Waals surface area contributed by atoms with Crippen LogP contribution in [0.2, 0.25) is 0 Å². The molecule has 8 nitrogen and oxygen atoms in total. The first kappa shape index (κ1) is 42.7. The Morgan fingerprint density at radius 1 is 1.09 bits per heavy atom. The Labute approximate surface area is 335 Å². The molecule has 4 aliphatic carbocycles. The number of aldehydes is 1. The lowest BCUT2D eigenvalue weighted by Crippen LogP contribution is -2.65. The molecule has 1 aromatic rings. The van der Waals surface area contributed by atoms with Gasteiger partial charge in [0.15, 0.2) is 0 Å². The van der Waals surface area contributed by atoms with E-state index in [1.807, 2.05) is 39.1 Å². The summed E-state index contributed by atoms with van der Waals surface area (Å²) in [5.74, 6) is -0.319. The quantitative estimate of drug-likeness (QED) is 0.0590. The summed E-state index contributed by atoms with van der Waals surface area (Å²) in [4.78, 5) is 12.3. The summed E-state index contributed by atoms with van der Waals surface area (Å²) in [6, 6.07) is 9.09. The van der Waals surface area contributed by atoms with Crippen molar-refractivity contribution in [1.82, 2.24) is 10.6 Å². The van der Waals surface area contributed by atoms with Gasteiger partial charge < -0.3 is 30.8 Å². The van der Waals surface area contributed by atoms with Crippen LogP contribution < -0.4 is 10.6 Å². The maximum Gasteiger partial charge on any atom is 0.145 e. The highest BCUT2D eigenvalue weighted by Gasteiger charge is 2.68. The maximum absolute atomic E-state index is 12.8. The van der Waals surface area contributed by atoms with E-state index in [-0.39, 0.29) is 42.9 Å². The van der Waals surface area contributed by atoms with E-state index in [1.54, 1.807) is 0 Å². The van der Waals surface area contributed by atoms with Crippen molar-refractivity contribution in [3.05, 3.63) is 106 Å². The van der Waals surface area contributed by atoms with Gasteiger partial charge in [0.1, 0.15) is 12.5 Å². The van der Waals surface area contributed by atoms with Crippen LogP contribution in [0.25, 0.3) is 0 Å². The number of hydrogen-bond donors (Lipinski definition) is 7. The van der Waals surface area contributed by atoms with E-state index in [0.29, 0.717) is 55.7 Å². The van der Waals surface area contributed by atoms with Gasteiger partial charge in [-0.1, -0.05) is 91.3 Å². The molecule has 0 radical (unpaired) electrons. The fraction of sp³-hybridized carbons (Fsp3) is 0.604. The van der Waals surface area contributed by atoms with Gasteiger partial charge in [0.25, 0.3) is 0 Å². The number of aliphatic hydroxyl groups excluding tert-OH is 4. The molecule has 1 aliphatic heterocycles. The van der Waals surface area contributed by atoms with Gasteiger partial charge in [-0.05, 0) is 143 Å². The van der Waals surface area contributed by atoms with Crippen LogP contribution in [0, 0.1) is 40.9 Å². The summed E-state index contributed by atoms with van der Waals surface area (Å²) in [7, 11) is 1.86. The third kappa shape index (κ3) is 8.58. The lowest BCUT2D eigenvalue weighted by molar-refractivity contribution is -0.194. The summed E-state index contributed by atoms with van der Waals surface area (Å²) in [6.07, 6.45) is 21.2. The fourth-order valence-electron chi connectivity index (χ4n) is 11.6. The minimum Gasteiger partial charge on any atom is -0.396 e. The predicted molar refractivity (Wildman–Crippen MR) is 223 cm³/mol. The topological polar surface area (TPSA) is 142 Å². The zero-order valence-corrected chi connectivity index (χ0v) is 34.0. The molecule has 1 heterocycles. The van der Waals surface area contributed by atoms with Crippen LogP contribution in [0.15, 0.2) is 95.2 Å². The smallest absolute Gasteiger partial charge is 0.145 e. The average molecular weight is 769 g/mol. The molecule has 4 bridgehead atoms. The highest BCUT2D eigenvalue weighted by molar-refractivity contribution is 5.74. The monoisotopic (exact) mass is 769 g/mol. The molecule has 1 aromatic carbocycles. The summed E-state index contributed by atoms with van der Waals surface area (Å²) in [5, 5.41) is 64.4. The van der Waals surface area contributed by atoms with E-state index in [4.69, 9.17) is 0 Å². The van der Waals surface area contributed by atoms with Crippen LogP contribution in [0.3, 0.4) is 0 Å². The number of benzene rings is 1.